The van der Waals surface area contributed by atoms with Crippen LogP contribution in [-0.2, 0) is 7.05 Å². The molecule has 2 heterocycles. The highest BCUT2D eigenvalue weighted by Gasteiger charge is 2.09. The zero-order chi connectivity index (χ0) is 21.5. The molecule has 0 atom stereocenters. The van der Waals surface area contributed by atoms with E-state index in [0.29, 0.717) is 17.5 Å². The largest absolute Gasteiger partial charge is 0.311 e. The SMILES string of the molecule is CC.[3H]c1ccc(C#Cc2ccc(C#Cc3nc4c(=O)[nH]cnc4n3C)cc2)cc1. The van der Waals surface area contributed by atoms with E-state index >= 15 is 0 Å². The minimum absolute atomic E-state index is 0.276. The number of rotatable bonds is 0. The summed E-state index contributed by atoms with van der Waals surface area (Å²) < 4.78 is 9.17. The monoisotopic (exact) mass is 382 g/mol. The van der Waals surface area contributed by atoms with Crippen LogP contribution in [-0.4, -0.2) is 19.5 Å². The molecule has 142 valence electrons. The summed E-state index contributed by atoms with van der Waals surface area (Å²) in [5, 5.41) is 0. The highest BCUT2D eigenvalue weighted by Crippen LogP contribution is 2.07. The van der Waals surface area contributed by atoms with E-state index in [1.165, 1.54) is 6.33 Å². The molecule has 0 saturated heterocycles. The van der Waals surface area contributed by atoms with Crippen molar-refractivity contribution in [1.29, 1.82) is 0 Å². The van der Waals surface area contributed by atoms with Gasteiger partial charge in [-0.1, -0.05) is 49.8 Å². The Labute approximate surface area is 170 Å². The van der Waals surface area contributed by atoms with Crippen LogP contribution in [0.15, 0.2) is 65.7 Å². The molecular weight excluding hydrogens is 360 g/mol. The smallest absolute Gasteiger partial charge is 0.278 e. The minimum atomic E-state index is -0.283. The molecule has 0 aliphatic heterocycles. The average Bonchev–Trinajstić information content (AvgIpc) is 3.11. The van der Waals surface area contributed by atoms with Gasteiger partial charge in [0.1, 0.15) is 0 Å². The molecule has 4 rings (SSSR count). The molecule has 0 bridgehead atoms. The molecule has 1 N–H and O–H groups in total. The summed E-state index contributed by atoms with van der Waals surface area (Å²) in [4.78, 5) is 22.7. The number of nitrogens with zero attached hydrogens (tertiary/aromatic N) is 3. The molecule has 0 aliphatic rings. The number of fused-ring (bicyclic) bond motifs is 1. The van der Waals surface area contributed by atoms with Crippen LogP contribution in [0.2, 0.25) is 0 Å². The number of hydrogen-bond acceptors (Lipinski definition) is 3. The third kappa shape index (κ3) is 4.61. The normalized spacial score (nSPS) is 9.97. The Kier molecular flexibility index (Phi) is 5.81. The lowest BCUT2D eigenvalue weighted by Gasteiger charge is -1.94. The molecule has 0 aliphatic carbocycles. The predicted molar refractivity (Wildman–Crippen MR) is 115 cm³/mol. The van der Waals surface area contributed by atoms with Gasteiger partial charge >= 0.3 is 0 Å². The third-order valence-electron chi connectivity index (χ3n) is 3.94. The molecule has 5 heteroatoms. The second kappa shape index (κ2) is 9.21. The van der Waals surface area contributed by atoms with E-state index in [1.54, 1.807) is 23.7 Å². The molecule has 0 radical (unpaired) electrons. The van der Waals surface area contributed by atoms with Crippen LogP contribution in [0.4, 0.5) is 0 Å². The summed E-state index contributed by atoms with van der Waals surface area (Å²) in [6, 6.07) is 15.1. The van der Waals surface area contributed by atoms with Crippen LogP contribution in [0.1, 0.15) is 37.7 Å². The van der Waals surface area contributed by atoms with E-state index in [-0.39, 0.29) is 11.1 Å². The van der Waals surface area contributed by atoms with Gasteiger partial charge in [-0.3, -0.25) is 4.79 Å². The van der Waals surface area contributed by atoms with Crippen molar-refractivity contribution >= 4 is 11.2 Å². The molecule has 29 heavy (non-hydrogen) atoms. The van der Waals surface area contributed by atoms with Gasteiger partial charge in [0.25, 0.3) is 5.56 Å². The number of aromatic amines is 1. The van der Waals surface area contributed by atoms with E-state index in [1.807, 2.05) is 50.2 Å². The second-order valence-corrected chi connectivity index (χ2v) is 5.76. The first kappa shape index (κ1) is 18.3. The molecule has 0 fully saturated rings. The number of nitrogens with one attached hydrogen (secondary N) is 1. The van der Waals surface area contributed by atoms with Gasteiger partial charge in [0.05, 0.1) is 7.70 Å². The van der Waals surface area contributed by atoms with Crippen molar-refractivity contribution in [3.05, 3.63) is 93.8 Å². The van der Waals surface area contributed by atoms with E-state index in [9.17, 15) is 4.79 Å². The standard InChI is InChI=1S/C22H14N4O.C2H6/c1-26-19(25-20-21(26)23-15-24-22(20)27)14-13-18-11-9-17(10-12-18)8-7-16-5-3-2-4-6-16;1-2/h2-6,9-12,15H,1H3,(H,23,24,27);1-2H3/i2T;. The van der Waals surface area contributed by atoms with Gasteiger partial charge in [0, 0.05) is 23.7 Å². The van der Waals surface area contributed by atoms with E-state index in [0.717, 1.165) is 16.7 Å². The number of aromatic nitrogens is 4. The quantitative estimate of drug-likeness (QED) is 0.474. The van der Waals surface area contributed by atoms with Gasteiger partial charge in [-0.15, -0.1) is 0 Å². The molecule has 2 aromatic heterocycles. The van der Waals surface area contributed by atoms with Crippen molar-refractivity contribution < 1.29 is 1.37 Å². The lowest BCUT2D eigenvalue weighted by molar-refractivity contribution is 0.908. The maximum atomic E-state index is 11.8. The highest BCUT2D eigenvalue weighted by molar-refractivity contribution is 5.70. The van der Waals surface area contributed by atoms with Crippen LogP contribution in [0.5, 0.6) is 0 Å². The fourth-order valence-corrected chi connectivity index (χ4v) is 2.50. The summed E-state index contributed by atoms with van der Waals surface area (Å²) in [5.74, 6) is 12.7. The molecule has 0 spiro atoms. The molecule has 4 aromatic rings. The predicted octanol–water partition coefficient (Wildman–Crippen LogP) is 3.48. The number of benzene rings is 2. The fourth-order valence-electron chi connectivity index (χ4n) is 2.50. The lowest BCUT2D eigenvalue weighted by Crippen LogP contribution is -2.06. The Morgan fingerprint density at radius 2 is 1.48 bits per heavy atom. The first-order valence-corrected chi connectivity index (χ1v) is 9.21. The average molecular weight is 382 g/mol. The molecule has 2 aromatic carbocycles. The molecule has 0 unspecified atom stereocenters. The van der Waals surface area contributed by atoms with E-state index < -0.39 is 0 Å². The second-order valence-electron chi connectivity index (χ2n) is 5.76. The topological polar surface area (TPSA) is 63.6 Å². The zero-order valence-corrected chi connectivity index (χ0v) is 16.4. The molecule has 5 nitrogen and oxygen atoms in total. The Morgan fingerprint density at radius 3 is 2.07 bits per heavy atom. The maximum absolute atomic E-state index is 11.8. The van der Waals surface area contributed by atoms with Crippen LogP contribution >= 0.6 is 0 Å². The van der Waals surface area contributed by atoms with Gasteiger partial charge in [-0.2, -0.15) is 0 Å². The Balaban J connectivity index is 0.00000124. The van der Waals surface area contributed by atoms with Crippen LogP contribution in [0.3, 0.4) is 0 Å². The summed E-state index contributed by atoms with van der Waals surface area (Å²) in [5.41, 5.74) is 3.05. The Hall–Kier alpha value is -4.09. The Bertz CT molecular complexity index is 1340. The first-order valence-electron chi connectivity index (χ1n) is 9.71. The summed E-state index contributed by atoms with van der Waals surface area (Å²) in [6.07, 6.45) is 1.35. The van der Waals surface area contributed by atoms with Crippen molar-refractivity contribution in [2.24, 2.45) is 7.05 Å². The van der Waals surface area contributed by atoms with Crippen molar-refractivity contribution in [2.45, 2.75) is 13.8 Å². The maximum Gasteiger partial charge on any atom is 0.278 e. The molecule has 0 saturated carbocycles. The van der Waals surface area contributed by atoms with Gasteiger partial charge in [0.15, 0.2) is 17.0 Å². The fraction of sp³-hybridized carbons (Fsp3) is 0.125. The summed E-state index contributed by atoms with van der Waals surface area (Å²) >= 11 is 0. The molecular formula is C24H20N4O. The number of hydrogen-bond donors (Lipinski definition) is 1. The van der Waals surface area contributed by atoms with Gasteiger partial charge in [-0.25, -0.2) is 9.97 Å². The summed E-state index contributed by atoms with van der Waals surface area (Å²) in [7, 11) is 1.78. The van der Waals surface area contributed by atoms with Gasteiger partial charge < -0.3 is 9.55 Å². The van der Waals surface area contributed by atoms with Crippen LogP contribution < -0.4 is 5.56 Å². The van der Waals surface area contributed by atoms with Crippen molar-refractivity contribution in [3.8, 4) is 23.7 Å². The Morgan fingerprint density at radius 1 is 0.931 bits per heavy atom. The molecule has 0 amide bonds. The van der Waals surface area contributed by atoms with Gasteiger partial charge in [-0.05, 0) is 42.3 Å². The van der Waals surface area contributed by atoms with Crippen molar-refractivity contribution in [1.82, 2.24) is 19.5 Å². The minimum Gasteiger partial charge on any atom is -0.311 e. The third-order valence-corrected chi connectivity index (χ3v) is 3.94. The van der Waals surface area contributed by atoms with Crippen LogP contribution in [0, 0.1) is 23.7 Å². The number of aryl methyl sites for hydroxylation is 1. The van der Waals surface area contributed by atoms with E-state index in [4.69, 9.17) is 1.37 Å². The highest BCUT2D eigenvalue weighted by atomic mass is 16.1. The van der Waals surface area contributed by atoms with Crippen LogP contribution in [0.25, 0.3) is 11.2 Å². The number of imidazole rings is 1. The van der Waals surface area contributed by atoms with Crippen molar-refractivity contribution in [2.75, 3.05) is 0 Å². The lowest BCUT2D eigenvalue weighted by atomic mass is 10.1. The zero-order valence-electron chi connectivity index (χ0n) is 17.4. The van der Waals surface area contributed by atoms with E-state index in [2.05, 4.69) is 38.6 Å². The first-order chi connectivity index (χ1) is 14.6. The number of H-pyrrole nitrogens is 1. The van der Waals surface area contributed by atoms with Gasteiger partial charge in [0.2, 0.25) is 0 Å². The summed E-state index contributed by atoms with van der Waals surface area (Å²) in [6.45, 7) is 4.00. The van der Waals surface area contributed by atoms with Crippen molar-refractivity contribution in [3.63, 3.8) is 0 Å².